The summed E-state index contributed by atoms with van der Waals surface area (Å²) in [5.74, 6) is -0.838. The van der Waals surface area contributed by atoms with Crippen LogP contribution in [0.1, 0.15) is 39.7 Å². The number of nitrogens with zero attached hydrogens (tertiary/aromatic N) is 3. The average Bonchev–Trinajstić information content (AvgIpc) is 2.51. The summed E-state index contributed by atoms with van der Waals surface area (Å²) in [5.41, 5.74) is 0.921. The lowest BCUT2D eigenvalue weighted by molar-refractivity contribution is -0.136. The number of hydrogen-bond acceptors (Lipinski definition) is 5. The minimum absolute atomic E-state index is 0. The molecular formula is C15H20N4O3. The van der Waals surface area contributed by atoms with Crippen LogP contribution in [0, 0.1) is 6.92 Å². The summed E-state index contributed by atoms with van der Waals surface area (Å²) in [4.78, 5) is 35.4. The van der Waals surface area contributed by atoms with Crippen LogP contribution in [0.2, 0.25) is 0 Å². The first-order valence-corrected chi connectivity index (χ1v) is 7.26. The smallest absolute Gasteiger partial charge is 0.278 e. The summed E-state index contributed by atoms with van der Waals surface area (Å²) >= 11 is 0. The molecule has 0 radical (unpaired) electrons. The lowest BCUT2D eigenvalue weighted by Gasteiger charge is -2.21. The Hall–Kier alpha value is -2.57. The highest BCUT2D eigenvalue weighted by Gasteiger charge is 2.30. The molecule has 1 fully saturated rings. The number of piperidine rings is 1. The molecule has 0 bridgehead atoms. The van der Waals surface area contributed by atoms with Crippen molar-refractivity contribution in [3.8, 4) is 0 Å². The molecule has 1 N–H and O–H groups in total. The molecule has 1 saturated heterocycles. The number of benzene rings is 1. The van der Waals surface area contributed by atoms with Gasteiger partial charge in [0.15, 0.2) is 0 Å². The van der Waals surface area contributed by atoms with Crippen LogP contribution in [0.3, 0.4) is 0 Å². The normalized spacial score (nSPS) is 17.7. The van der Waals surface area contributed by atoms with Crippen LogP contribution >= 0.6 is 0 Å². The van der Waals surface area contributed by atoms with Gasteiger partial charge in [0.1, 0.15) is 11.6 Å². The molecule has 0 spiro atoms. The highest BCUT2D eigenvalue weighted by Crippen LogP contribution is 2.17. The van der Waals surface area contributed by atoms with E-state index in [0.29, 0.717) is 10.9 Å². The highest BCUT2D eigenvalue weighted by molar-refractivity contribution is 5.99. The quantitative estimate of drug-likeness (QED) is 0.803. The first-order valence-electron chi connectivity index (χ1n) is 7.26. The lowest BCUT2D eigenvalue weighted by atomic mass is 10.1. The molecule has 0 aliphatic carbocycles. The standard InChI is InChI=1S/C13H12N4O3.C2H6.H2/c1-7-3-2-4-8-11(7)13(20)17(16-15-8)9-5-6-10(18)14-12(9)19;1-2;/h2-4,9H,5-6H2,1H3,(H,14,18,19);1-2H3;1H. The van der Waals surface area contributed by atoms with Crippen LogP contribution in [0.15, 0.2) is 23.0 Å². The summed E-state index contributed by atoms with van der Waals surface area (Å²) in [6.45, 7) is 5.81. The van der Waals surface area contributed by atoms with Crippen LogP contribution in [0.4, 0.5) is 0 Å². The summed E-state index contributed by atoms with van der Waals surface area (Å²) in [6, 6.07) is 4.52. The van der Waals surface area contributed by atoms with Crippen LogP contribution in [0.25, 0.3) is 10.9 Å². The van der Waals surface area contributed by atoms with Gasteiger partial charge in [0.25, 0.3) is 11.5 Å². The predicted molar refractivity (Wildman–Crippen MR) is 83.4 cm³/mol. The van der Waals surface area contributed by atoms with Gasteiger partial charge in [-0.2, -0.15) is 4.68 Å². The topological polar surface area (TPSA) is 93.9 Å². The van der Waals surface area contributed by atoms with Crippen molar-refractivity contribution >= 4 is 22.7 Å². The Kier molecular flexibility index (Phi) is 4.65. The molecule has 1 aliphatic heterocycles. The maximum absolute atomic E-state index is 12.5. The van der Waals surface area contributed by atoms with E-state index in [2.05, 4.69) is 15.6 Å². The molecular weight excluding hydrogens is 284 g/mol. The molecule has 22 heavy (non-hydrogen) atoms. The molecule has 1 unspecified atom stereocenters. The van der Waals surface area contributed by atoms with Gasteiger partial charge in [-0.05, 0) is 25.0 Å². The third-order valence-electron chi connectivity index (χ3n) is 3.43. The van der Waals surface area contributed by atoms with Gasteiger partial charge >= 0.3 is 0 Å². The number of nitrogens with one attached hydrogen (secondary N) is 1. The Morgan fingerprint density at radius 1 is 1.27 bits per heavy atom. The van der Waals surface area contributed by atoms with Crippen molar-refractivity contribution in [3.05, 3.63) is 34.1 Å². The van der Waals surface area contributed by atoms with Gasteiger partial charge < -0.3 is 0 Å². The minimum Gasteiger partial charge on any atom is -0.295 e. The fourth-order valence-electron chi connectivity index (χ4n) is 2.38. The fourth-order valence-corrected chi connectivity index (χ4v) is 2.38. The Morgan fingerprint density at radius 3 is 2.68 bits per heavy atom. The van der Waals surface area contributed by atoms with E-state index in [0.717, 1.165) is 10.2 Å². The summed E-state index contributed by atoms with van der Waals surface area (Å²) in [6.07, 6.45) is 0.451. The second-order valence-electron chi connectivity index (χ2n) is 4.78. The van der Waals surface area contributed by atoms with E-state index in [9.17, 15) is 14.4 Å². The van der Waals surface area contributed by atoms with Crippen molar-refractivity contribution in [2.75, 3.05) is 0 Å². The van der Waals surface area contributed by atoms with Gasteiger partial charge in [-0.3, -0.25) is 19.7 Å². The molecule has 1 aromatic carbocycles. The number of carbonyl (C=O) groups excluding carboxylic acids is 2. The zero-order valence-corrected chi connectivity index (χ0v) is 12.8. The lowest BCUT2D eigenvalue weighted by Crippen LogP contribution is -2.45. The number of hydrogen-bond donors (Lipinski definition) is 1. The summed E-state index contributed by atoms with van der Waals surface area (Å²) in [7, 11) is 0. The van der Waals surface area contributed by atoms with E-state index >= 15 is 0 Å². The van der Waals surface area contributed by atoms with E-state index in [4.69, 9.17) is 0 Å². The molecule has 7 heteroatoms. The van der Waals surface area contributed by atoms with E-state index < -0.39 is 11.9 Å². The Morgan fingerprint density at radius 2 is 2.00 bits per heavy atom. The number of carbonyl (C=O) groups is 2. The number of imide groups is 1. The Bertz CT molecular complexity index is 788. The second-order valence-corrected chi connectivity index (χ2v) is 4.78. The maximum atomic E-state index is 12.5. The third-order valence-corrected chi connectivity index (χ3v) is 3.43. The molecule has 2 aromatic rings. The molecule has 0 saturated carbocycles. The zero-order valence-electron chi connectivity index (χ0n) is 12.8. The Balaban J connectivity index is 0.000000849. The van der Waals surface area contributed by atoms with Crippen LogP contribution < -0.4 is 10.9 Å². The van der Waals surface area contributed by atoms with Gasteiger partial charge in [0.2, 0.25) is 5.91 Å². The van der Waals surface area contributed by atoms with E-state index in [1.807, 2.05) is 13.8 Å². The van der Waals surface area contributed by atoms with Gasteiger partial charge in [0, 0.05) is 7.85 Å². The third kappa shape index (κ3) is 2.74. The molecule has 1 aliphatic rings. The van der Waals surface area contributed by atoms with Crippen molar-refractivity contribution < 1.29 is 11.0 Å². The van der Waals surface area contributed by atoms with Crippen LogP contribution in [-0.4, -0.2) is 26.8 Å². The number of fused-ring (bicyclic) bond motifs is 1. The second kappa shape index (κ2) is 6.46. The van der Waals surface area contributed by atoms with E-state index in [1.54, 1.807) is 25.1 Å². The van der Waals surface area contributed by atoms with E-state index in [-0.39, 0.29) is 25.7 Å². The molecule has 118 valence electrons. The van der Waals surface area contributed by atoms with Gasteiger partial charge in [-0.15, -0.1) is 5.10 Å². The summed E-state index contributed by atoms with van der Waals surface area (Å²) in [5, 5.41) is 10.5. The first kappa shape index (κ1) is 15.8. The van der Waals surface area contributed by atoms with Crippen molar-refractivity contribution in [3.63, 3.8) is 0 Å². The van der Waals surface area contributed by atoms with Gasteiger partial charge in [-0.1, -0.05) is 31.2 Å². The van der Waals surface area contributed by atoms with Crippen molar-refractivity contribution in [2.45, 2.75) is 39.7 Å². The molecule has 7 nitrogen and oxygen atoms in total. The first-order chi connectivity index (χ1) is 10.6. The van der Waals surface area contributed by atoms with Crippen molar-refractivity contribution in [1.82, 2.24) is 20.3 Å². The monoisotopic (exact) mass is 304 g/mol. The Labute approximate surface area is 128 Å². The number of aryl methyl sites for hydroxylation is 1. The largest absolute Gasteiger partial charge is 0.295 e. The SMILES string of the molecule is CC.Cc1cccc2nnn(C3CCC(=O)NC3=O)c(=O)c12.[HH]. The predicted octanol–water partition coefficient (Wildman–Crippen LogP) is 1.35. The van der Waals surface area contributed by atoms with Gasteiger partial charge in [-0.25, -0.2) is 0 Å². The average molecular weight is 304 g/mol. The number of rotatable bonds is 1. The molecule has 1 aromatic heterocycles. The van der Waals surface area contributed by atoms with Gasteiger partial charge in [0.05, 0.1) is 5.39 Å². The fraction of sp³-hybridized carbons (Fsp3) is 0.400. The molecule has 2 amide bonds. The zero-order chi connectivity index (χ0) is 16.3. The molecule has 3 rings (SSSR count). The maximum Gasteiger partial charge on any atom is 0.278 e. The minimum atomic E-state index is -0.781. The molecule has 2 heterocycles. The number of aromatic nitrogens is 3. The number of amides is 2. The van der Waals surface area contributed by atoms with Crippen LogP contribution in [-0.2, 0) is 9.59 Å². The van der Waals surface area contributed by atoms with E-state index in [1.165, 1.54) is 0 Å². The summed E-state index contributed by atoms with van der Waals surface area (Å²) < 4.78 is 1.07. The molecule has 1 atom stereocenters. The van der Waals surface area contributed by atoms with Crippen molar-refractivity contribution in [2.24, 2.45) is 0 Å². The van der Waals surface area contributed by atoms with Crippen molar-refractivity contribution in [1.29, 1.82) is 0 Å². The highest BCUT2D eigenvalue weighted by atomic mass is 16.2. The van der Waals surface area contributed by atoms with Crippen LogP contribution in [0.5, 0.6) is 0 Å².